The summed E-state index contributed by atoms with van der Waals surface area (Å²) in [6.45, 7) is 5.72. The van der Waals surface area contributed by atoms with Gasteiger partial charge in [0.2, 0.25) is 0 Å². The van der Waals surface area contributed by atoms with E-state index in [0.29, 0.717) is 12.1 Å². The van der Waals surface area contributed by atoms with E-state index < -0.39 is 0 Å². The van der Waals surface area contributed by atoms with Gasteiger partial charge in [0.1, 0.15) is 0 Å². The third-order valence-electron chi connectivity index (χ3n) is 4.06. The molecule has 0 saturated carbocycles. The minimum atomic E-state index is -0.0213. The van der Waals surface area contributed by atoms with Crippen LogP contribution in [0.2, 0.25) is 0 Å². The molecular weight excluding hydrogens is 200 g/mol. The number of rotatable bonds is 6. The molecule has 0 aromatic heterocycles. The maximum atomic E-state index is 9.71. The van der Waals surface area contributed by atoms with Gasteiger partial charge >= 0.3 is 0 Å². The van der Waals surface area contributed by atoms with Crippen LogP contribution in [-0.4, -0.2) is 47.8 Å². The molecule has 3 nitrogen and oxygen atoms in total. The minimum Gasteiger partial charge on any atom is -0.393 e. The van der Waals surface area contributed by atoms with Crippen LogP contribution in [0.15, 0.2) is 0 Å². The molecule has 2 fully saturated rings. The monoisotopic (exact) mass is 226 g/mol. The van der Waals surface area contributed by atoms with Gasteiger partial charge in [0.25, 0.3) is 0 Å². The second-order valence-electron chi connectivity index (χ2n) is 5.35. The molecule has 0 aromatic rings. The van der Waals surface area contributed by atoms with E-state index in [1.165, 1.54) is 32.2 Å². The summed E-state index contributed by atoms with van der Waals surface area (Å²) in [6, 6.07) is 1.36. The summed E-state index contributed by atoms with van der Waals surface area (Å²) in [6.07, 6.45) is 7.10. The number of hydrogen-bond donors (Lipinski definition) is 2. The first-order chi connectivity index (χ1) is 7.81. The fraction of sp³-hybridized carbons (Fsp3) is 1.00. The molecule has 0 aliphatic carbocycles. The van der Waals surface area contributed by atoms with Crippen LogP contribution in [0.3, 0.4) is 0 Å². The molecule has 2 aliphatic rings. The highest BCUT2D eigenvalue weighted by Crippen LogP contribution is 2.35. The molecule has 2 atom stereocenters. The maximum Gasteiger partial charge on any atom is 0.0570 e. The van der Waals surface area contributed by atoms with E-state index in [1.807, 2.05) is 0 Å². The SMILES string of the molecule is CCCNCCCN1C2CCC1CC(O)C2. The van der Waals surface area contributed by atoms with Crippen LogP contribution in [-0.2, 0) is 0 Å². The Balaban J connectivity index is 1.66. The highest BCUT2D eigenvalue weighted by Gasteiger charge is 2.39. The van der Waals surface area contributed by atoms with Crippen LogP contribution in [0.1, 0.15) is 45.4 Å². The van der Waals surface area contributed by atoms with Crippen molar-refractivity contribution in [3.8, 4) is 0 Å². The van der Waals surface area contributed by atoms with Crippen molar-refractivity contribution < 1.29 is 5.11 Å². The molecule has 2 saturated heterocycles. The number of nitrogens with one attached hydrogen (secondary N) is 1. The van der Waals surface area contributed by atoms with Crippen molar-refractivity contribution in [3.63, 3.8) is 0 Å². The molecule has 0 amide bonds. The van der Waals surface area contributed by atoms with Crippen molar-refractivity contribution in [2.24, 2.45) is 0 Å². The number of hydrogen-bond acceptors (Lipinski definition) is 3. The Kier molecular flexibility index (Phi) is 4.62. The number of aliphatic hydroxyl groups is 1. The van der Waals surface area contributed by atoms with Gasteiger partial charge in [-0.2, -0.15) is 0 Å². The highest BCUT2D eigenvalue weighted by atomic mass is 16.3. The average molecular weight is 226 g/mol. The third kappa shape index (κ3) is 2.96. The first-order valence-corrected chi connectivity index (χ1v) is 6.95. The Morgan fingerprint density at radius 2 is 1.88 bits per heavy atom. The summed E-state index contributed by atoms with van der Waals surface area (Å²) in [4.78, 5) is 2.65. The number of nitrogens with zero attached hydrogens (tertiary/aromatic N) is 1. The molecule has 2 N–H and O–H groups in total. The summed E-state index contributed by atoms with van der Waals surface area (Å²) in [5.74, 6) is 0. The lowest BCUT2D eigenvalue weighted by Crippen LogP contribution is -2.45. The predicted molar refractivity (Wildman–Crippen MR) is 66.5 cm³/mol. The van der Waals surface area contributed by atoms with E-state index in [-0.39, 0.29) is 6.10 Å². The van der Waals surface area contributed by atoms with Gasteiger partial charge in [-0.05, 0) is 58.2 Å². The van der Waals surface area contributed by atoms with Gasteiger partial charge in [0.15, 0.2) is 0 Å². The summed E-state index contributed by atoms with van der Waals surface area (Å²) in [7, 11) is 0. The Morgan fingerprint density at radius 3 is 2.50 bits per heavy atom. The number of fused-ring (bicyclic) bond motifs is 2. The molecule has 0 radical (unpaired) electrons. The van der Waals surface area contributed by atoms with Gasteiger partial charge in [0, 0.05) is 12.1 Å². The molecule has 2 heterocycles. The largest absolute Gasteiger partial charge is 0.393 e. The molecule has 0 spiro atoms. The fourth-order valence-electron chi connectivity index (χ4n) is 3.30. The molecular formula is C13H26N2O. The van der Waals surface area contributed by atoms with E-state index in [9.17, 15) is 5.11 Å². The standard InChI is InChI=1S/C13H26N2O/c1-2-6-14-7-3-8-15-11-4-5-12(15)10-13(16)9-11/h11-14,16H,2-10H2,1H3. The van der Waals surface area contributed by atoms with E-state index in [2.05, 4.69) is 17.1 Å². The zero-order chi connectivity index (χ0) is 11.4. The van der Waals surface area contributed by atoms with Gasteiger partial charge in [0.05, 0.1) is 6.10 Å². The zero-order valence-electron chi connectivity index (χ0n) is 10.5. The van der Waals surface area contributed by atoms with Gasteiger partial charge in [-0.1, -0.05) is 6.92 Å². The zero-order valence-corrected chi connectivity index (χ0v) is 10.5. The summed E-state index contributed by atoms with van der Waals surface area (Å²) < 4.78 is 0. The van der Waals surface area contributed by atoms with Crippen LogP contribution < -0.4 is 5.32 Å². The van der Waals surface area contributed by atoms with E-state index in [0.717, 1.165) is 25.9 Å². The molecule has 94 valence electrons. The predicted octanol–water partition coefficient (Wildman–Crippen LogP) is 1.36. The normalized spacial score (nSPS) is 34.5. The molecule has 2 rings (SSSR count). The van der Waals surface area contributed by atoms with Crippen LogP contribution in [0.5, 0.6) is 0 Å². The van der Waals surface area contributed by atoms with Gasteiger partial charge < -0.3 is 10.4 Å². The van der Waals surface area contributed by atoms with Crippen molar-refractivity contribution in [1.82, 2.24) is 10.2 Å². The summed E-state index contributed by atoms with van der Waals surface area (Å²) >= 11 is 0. The van der Waals surface area contributed by atoms with Crippen LogP contribution >= 0.6 is 0 Å². The van der Waals surface area contributed by atoms with Gasteiger partial charge in [-0.15, -0.1) is 0 Å². The Hall–Kier alpha value is -0.120. The lowest BCUT2D eigenvalue weighted by molar-refractivity contribution is 0.0350. The quantitative estimate of drug-likeness (QED) is 0.671. The Morgan fingerprint density at radius 1 is 1.19 bits per heavy atom. The van der Waals surface area contributed by atoms with Gasteiger partial charge in [-0.25, -0.2) is 0 Å². The van der Waals surface area contributed by atoms with Crippen molar-refractivity contribution in [3.05, 3.63) is 0 Å². The molecule has 0 aromatic carbocycles. The maximum absolute atomic E-state index is 9.71. The lowest BCUT2D eigenvalue weighted by Gasteiger charge is -2.37. The van der Waals surface area contributed by atoms with E-state index in [1.54, 1.807) is 0 Å². The highest BCUT2D eigenvalue weighted by molar-refractivity contribution is 4.94. The number of piperidine rings is 1. The second-order valence-corrected chi connectivity index (χ2v) is 5.35. The van der Waals surface area contributed by atoms with Gasteiger partial charge in [-0.3, -0.25) is 4.90 Å². The first-order valence-electron chi connectivity index (χ1n) is 6.95. The Labute approximate surface area is 99.2 Å². The first kappa shape index (κ1) is 12.3. The van der Waals surface area contributed by atoms with E-state index >= 15 is 0 Å². The smallest absolute Gasteiger partial charge is 0.0570 e. The topological polar surface area (TPSA) is 35.5 Å². The molecule has 2 unspecified atom stereocenters. The van der Waals surface area contributed by atoms with Crippen LogP contribution in [0, 0.1) is 0 Å². The summed E-state index contributed by atoms with van der Waals surface area (Å²) in [5, 5.41) is 13.2. The van der Waals surface area contributed by atoms with Crippen molar-refractivity contribution in [2.75, 3.05) is 19.6 Å². The van der Waals surface area contributed by atoms with Crippen molar-refractivity contribution in [1.29, 1.82) is 0 Å². The average Bonchev–Trinajstić information content (AvgIpc) is 2.51. The molecule has 2 aliphatic heterocycles. The van der Waals surface area contributed by atoms with Crippen molar-refractivity contribution in [2.45, 2.75) is 63.6 Å². The van der Waals surface area contributed by atoms with E-state index in [4.69, 9.17) is 0 Å². The molecule has 16 heavy (non-hydrogen) atoms. The van der Waals surface area contributed by atoms with Crippen molar-refractivity contribution >= 4 is 0 Å². The minimum absolute atomic E-state index is 0.0213. The molecule has 3 heteroatoms. The summed E-state index contributed by atoms with van der Waals surface area (Å²) in [5.41, 5.74) is 0. The number of aliphatic hydroxyl groups excluding tert-OH is 1. The lowest BCUT2D eigenvalue weighted by atomic mass is 10.00. The Bertz CT molecular complexity index is 196. The molecule has 2 bridgehead atoms. The fourth-order valence-corrected chi connectivity index (χ4v) is 3.30. The van der Waals surface area contributed by atoms with Crippen LogP contribution in [0.25, 0.3) is 0 Å². The third-order valence-corrected chi connectivity index (χ3v) is 4.06. The van der Waals surface area contributed by atoms with Crippen LogP contribution in [0.4, 0.5) is 0 Å². The second kappa shape index (κ2) is 5.99.